The lowest BCUT2D eigenvalue weighted by molar-refractivity contribution is 0.353. The first-order valence-electron chi connectivity index (χ1n) is 4.81. The van der Waals surface area contributed by atoms with E-state index in [-0.39, 0.29) is 11.9 Å². The van der Waals surface area contributed by atoms with Crippen LogP contribution in [0.4, 0.5) is 4.39 Å². The summed E-state index contributed by atoms with van der Waals surface area (Å²) in [6.07, 6.45) is 4.06. The Morgan fingerprint density at radius 3 is 2.59 bits per heavy atom. The summed E-state index contributed by atoms with van der Waals surface area (Å²) in [6, 6.07) is 1.70. The van der Waals surface area contributed by atoms with Crippen molar-refractivity contribution < 1.29 is 13.9 Å². The van der Waals surface area contributed by atoms with Crippen LogP contribution < -0.4 is 9.47 Å². The van der Waals surface area contributed by atoms with Crippen molar-refractivity contribution in [1.29, 1.82) is 0 Å². The Bertz CT molecular complexity index is 534. The number of pyridine rings is 1. The largest absolute Gasteiger partial charge is 0.480 e. The number of hydrogen-bond acceptors (Lipinski definition) is 5. The van der Waals surface area contributed by atoms with E-state index in [0.717, 1.165) is 6.20 Å². The van der Waals surface area contributed by atoms with E-state index in [9.17, 15) is 4.39 Å². The topological polar surface area (TPSA) is 57.1 Å². The molecule has 88 valence electrons. The predicted molar refractivity (Wildman–Crippen MR) is 58.3 cm³/mol. The molecule has 0 amide bonds. The van der Waals surface area contributed by atoms with E-state index >= 15 is 0 Å². The van der Waals surface area contributed by atoms with Gasteiger partial charge >= 0.3 is 6.01 Å². The molecule has 0 bridgehead atoms. The van der Waals surface area contributed by atoms with Crippen molar-refractivity contribution in [2.75, 3.05) is 14.2 Å². The van der Waals surface area contributed by atoms with Crippen molar-refractivity contribution >= 4 is 0 Å². The van der Waals surface area contributed by atoms with Crippen molar-refractivity contribution in [3.63, 3.8) is 0 Å². The van der Waals surface area contributed by atoms with Crippen LogP contribution in [0.5, 0.6) is 11.9 Å². The third-order valence-corrected chi connectivity index (χ3v) is 2.17. The zero-order valence-electron chi connectivity index (χ0n) is 9.35. The number of ether oxygens (including phenoxy) is 2. The van der Waals surface area contributed by atoms with Crippen LogP contribution in [-0.2, 0) is 0 Å². The smallest absolute Gasteiger partial charge is 0.319 e. The number of nitrogens with zero attached hydrogens (tertiary/aromatic N) is 3. The van der Waals surface area contributed by atoms with Gasteiger partial charge in [-0.05, 0) is 6.07 Å². The first-order chi connectivity index (χ1) is 8.26. The fourth-order valence-corrected chi connectivity index (χ4v) is 1.38. The lowest BCUT2D eigenvalue weighted by Crippen LogP contribution is -1.98. The van der Waals surface area contributed by atoms with Crippen LogP contribution in [0, 0.1) is 5.82 Å². The van der Waals surface area contributed by atoms with Gasteiger partial charge < -0.3 is 9.47 Å². The Morgan fingerprint density at radius 2 is 1.94 bits per heavy atom. The molecule has 0 N–H and O–H groups in total. The second-order valence-corrected chi connectivity index (χ2v) is 3.14. The van der Waals surface area contributed by atoms with Gasteiger partial charge in [0.2, 0.25) is 5.88 Å². The maximum atomic E-state index is 13.6. The van der Waals surface area contributed by atoms with E-state index in [1.165, 1.54) is 32.7 Å². The van der Waals surface area contributed by atoms with Gasteiger partial charge in [-0.2, -0.15) is 4.98 Å². The summed E-state index contributed by atoms with van der Waals surface area (Å²) in [5.41, 5.74) is 0.785. The highest BCUT2D eigenvalue weighted by Gasteiger charge is 2.13. The highest BCUT2D eigenvalue weighted by Crippen LogP contribution is 2.29. The standard InChI is InChI=1S/C11H10FN3O2/c1-16-10-8(5-14-11(15-10)17-2)7-3-4-13-6-9(7)12/h3-6H,1-2H3. The first kappa shape index (κ1) is 11.3. The van der Waals surface area contributed by atoms with E-state index in [1.807, 2.05) is 0 Å². The zero-order valence-corrected chi connectivity index (χ0v) is 9.35. The molecule has 0 unspecified atom stereocenters. The van der Waals surface area contributed by atoms with E-state index in [0.29, 0.717) is 11.1 Å². The lowest BCUT2D eigenvalue weighted by atomic mass is 10.1. The van der Waals surface area contributed by atoms with Crippen molar-refractivity contribution in [1.82, 2.24) is 15.0 Å². The summed E-state index contributed by atoms with van der Waals surface area (Å²) in [4.78, 5) is 11.6. The van der Waals surface area contributed by atoms with Crippen molar-refractivity contribution in [3.8, 4) is 23.0 Å². The number of halogens is 1. The summed E-state index contributed by atoms with van der Waals surface area (Å²) < 4.78 is 23.5. The van der Waals surface area contributed by atoms with Gasteiger partial charge in [-0.25, -0.2) is 9.37 Å². The van der Waals surface area contributed by atoms with Crippen LogP contribution in [-0.4, -0.2) is 29.2 Å². The van der Waals surface area contributed by atoms with Gasteiger partial charge in [0.15, 0.2) is 0 Å². The molecule has 0 aromatic carbocycles. The van der Waals surface area contributed by atoms with E-state index < -0.39 is 5.82 Å². The highest BCUT2D eigenvalue weighted by molar-refractivity contribution is 5.67. The van der Waals surface area contributed by atoms with E-state index in [1.54, 1.807) is 0 Å². The molecule has 0 aliphatic rings. The molecule has 2 aromatic heterocycles. The van der Waals surface area contributed by atoms with Crippen LogP contribution in [0.2, 0.25) is 0 Å². The van der Waals surface area contributed by atoms with Gasteiger partial charge in [0.1, 0.15) is 5.82 Å². The van der Waals surface area contributed by atoms with E-state index in [2.05, 4.69) is 15.0 Å². The molecule has 2 rings (SSSR count). The molecule has 5 nitrogen and oxygen atoms in total. The van der Waals surface area contributed by atoms with Crippen LogP contribution in [0.25, 0.3) is 11.1 Å². The summed E-state index contributed by atoms with van der Waals surface area (Å²) in [6.45, 7) is 0. The zero-order chi connectivity index (χ0) is 12.3. The molecule has 0 fully saturated rings. The maximum absolute atomic E-state index is 13.6. The quantitative estimate of drug-likeness (QED) is 0.810. The van der Waals surface area contributed by atoms with Gasteiger partial charge in [-0.15, -0.1) is 0 Å². The van der Waals surface area contributed by atoms with Crippen molar-refractivity contribution in [2.45, 2.75) is 0 Å². The van der Waals surface area contributed by atoms with Crippen LogP contribution in [0.15, 0.2) is 24.7 Å². The maximum Gasteiger partial charge on any atom is 0.319 e. The molecule has 2 heterocycles. The second-order valence-electron chi connectivity index (χ2n) is 3.14. The first-order valence-corrected chi connectivity index (χ1v) is 4.81. The third kappa shape index (κ3) is 2.15. The minimum absolute atomic E-state index is 0.167. The van der Waals surface area contributed by atoms with Gasteiger partial charge in [0.05, 0.1) is 26.0 Å². The summed E-state index contributed by atoms with van der Waals surface area (Å²) in [5, 5.41) is 0. The van der Waals surface area contributed by atoms with Gasteiger partial charge in [-0.1, -0.05) is 0 Å². The molecular formula is C11H10FN3O2. The Balaban J connectivity index is 2.56. The molecule has 6 heteroatoms. The molecule has 0 spiro atoms. The Morgan fingerprint density at radius 1 is 1.12 bits per heavy atom. The van der Waals surface area contributed by atoms with Crippen LogP contribution >= 0.6 is 0 Å². The molecule has 0 radical (unpaired) electrons. The van der Waals surface area contributed by atoms with Crippen molar-refractivity contribution in [3.05, 3.63) is 30.5 Å². The number of methoxy groups -OCH3 is 2. The van der Waals surface area contributed by atoms with Gasteiger partial charge in [0, 0.05) is 18.0 Å². The Kier molecular flexibility index (Phi) is 3.13. The fourth-order valence-electron chi connectivity index (χ4n) is 1.38. The number of rotatable bonds is 3. The normalized spacial score (nSPS) is 10.1. The molecule has 0 atom stereocenters. The fraction of sp³-hybridized carbons (Fsp3) is 0.182. The molecule has 2 aromatic rings. The molecule has 0 saturated carbocycles. The average molecular weight is 235 g/mol. The van der Waals surface area contributed by atoms with Crippen LogP contribution in [0.3, 0.4) is 0 Å². The Hall–Kier alpha value is -2.24. The average Bonchev–Trinajstić information content (AvgIpc) is 2.38. The second kappa shape index (κ2) is 4.73. The molecular weight excluding hydrogens is 225 g/mol. The predicted octanol–water partition coefficient (Wildman–Crippen LogP) is 1.69. The number of hydrogen-bond donors (Lipinski definition) is 0. The number of aromatic nitrogens is 3. The molecule has 0 aliphatic carbocycles. The SMILES string of the molecule is COc1ncc(-c2ccncc2F)c(OC)n1. The monoisotopic (exact) mass is 235 g/mol. The summed E-state index contributed by atoms with van der Waals surface area (Å²) in [5.74, 6) is -0.207. The molecule has 17 heavy (non-hydrogen) atoms. The lowest BCUT2D eigenvalue weighted by Gasteiger charge is -2.08. The third-order valence-electron chi connectivity index (χ3n) is 2.17. The summed E-state index contributed by atoms with van der Waals surface area (Å²) in [7, 11) is 2.89. The highest BCUT2D eigenvalue weighted by atomic mass is 19.1. The minimum Gasteiger partial charge on any atom is -0.480 e. The molecule has 0 aliphatic heterocycles. The summed E-state index contributed by atoms with van der Waals surface area (Å²) >= 11 is 0. The van der Waals surface area contributed by atoms with Gasteiger partial charge in [0.25, 0.3) is 0 Å². The van der Waals surface area contributed by atoms with Gasteiger partial charge in [-0.3, -0.25) is 4.98 Å². The Labute approximate surface area is 97.3 Å². The van der Waals surface area contributed by atoms with E-state index in [4.69, 9.17) is 9.47 Å². The minimum atomic E-state index is -0.459. The molecule has 0 saturated heterocycles. The van der Waals surface area contributed by atoms with Crippen LogP contribution in [0.1, 0.15) is 0 Å². The van der Waals surface area contributed by atoms with Crippen molar-refractivity contribution in [2.24, 2.45) is 0 Å².